The summed E-state index contributed by atoms with van der Waals surface area (Å²) in [5.74, 6) is 0.324. The molecule has 3 aromatic carbocycles. The number of carbonyl (C=O) groups excluding carboxylic acids is 2. The molecule has 0 atom stereocenters. The topological polar surface area (TPSA) is 104 Å². The van der Waals surface area contributed by atoms with Crippen LogP contribution in [-0.2, 0) is 0 Å². The van der Waals surface area contributed by atoms with Crippen LogP contribution in [0.1, 0.15) is 20.7 Å². The Morgan fingerprint density at radius 2 is 1.65 bits per heavy atom. The largest absolute Gasteiger partial charge is 0.454 e. The summed E-state index contributed by atoms with van der Waals surface area (Å²) in [4.78, 5) is 29.7. The molecule has 0 saturated carbocycles. The molecular formula is C24H17N3O4. The van der Waals surface area contributed by atoms with Gasteiger partial charge in [-0.2, -0.15) is 0 Å². The van der Waals surface area contributed by atoms with E-state index in [9.17, 15) is 9.59 Å². The normalized spacial score (nSPS) is 12.0. The van der Waals surface area contributed by atoms with E-state index in [0.29, 0.717) is 39.3 Å². The van der Waals surface area contributed by atoms with Crippen molar-refractivity contribution in [3.8, 4) is 22.8 Å². The van der Waals surface area contributed by atoms with E-state index in [2.05, 4.69) is 5.32 Å². The Balaban J connectivity index is 1.60. The third-order valence-electron chi connectivity index (χ3n) is 5.07. The molecule has 31 heavy (non-hydrogen) atoms. The average molecular weight is 411 g/mol. The number of ether oxygens (including phenoxy) is 2. The van der Waals surface area contributed by atoms with Gasteiger partial charge in [0.15, 0.2) is 11.5 Å². The van der Waals surface area contributed by atoms with Crippen molar-refractivity contribution < 1.29 is 19.1 Å². The number of fused-ring (bicyclic) bond motifs is 2. The van der Waals surface area contributed by atoms with Crippen molar-refractivity contribution >= 4 is 28.4 Å². The van der Waals surface area contributed by atoms with Crippen molar-refractivity contribution in [2.24, 2.45) is 5.73 Å². The maximum Gasteiger partial charge on any atom is 0.256 e. The van der Waals surface area contributed by atoms with Crippen molar-refractivity contribution in [1.29, 1.82) is 0 Å². The van der Waals surface area contributed by atoms with E-state index in [0.717, 1.165) is 5.56 Å². The second-order valence-corrected chi connectivity index (χ2v) is 7.00. The lowest BCUT2D eigenvalue weighted by molar-refractivity contribution is 0.100. The monoisotopic (exact) mass is 411 g/mol. The van der Waals surface area contributed by atoms with Crippen molar-refractivity contribution in [3.63, 3.8) is 0 Å². The van der Waals surface area contributed by atoms with Crippen molar-refractivity contribution in [1.82, 2.24) is 4.98 Å². The lowest BCUT2D eigenvalue weighted by Crippen LogP contribution is -2.18. The van der Waals surface area contributed by atoms with E-state index in [4.69, 9.17) is 20.2 Å². The van der Waals surface area contributed by atoms with Crippen LogP contribution >= 0.6 is 0 Å². The van der Waals surface area contributed by atoms with Gasteiger partial charge in [0.25, 0.3) is 11.8 Å². The van der Waals surface area contributed by atoms with Gasteiger partial charge in [-0.25, -0.2) is 4.98 Å². The van der Waals surface area contributed by atoms with Crippen LogP contribution in [0.5, 0.6) is 11.5 Å². The molecule has 3 N–H and O–H groups in total. The van der Waals surface area contributed by atoms with Crippen molar-refractivity contribution in [2.75, 3.05) is 12.1 Å². The molecule has 0 fully saturated rings. The highest BCUT2D eigenvalue weighted by atomic mass is 16.7. The minimum absolute atomic E-state index is 0.177. The van der Waals surface area contributed by atoms with Gasteiger partial charge in [-0.05, 0) is 42.5 Å². The molecule has 0 spiro atoms. The number of nitrogens with two attached hydrogens (primary N) is 1. The molecule has 2 heterocycles. The van der Waals surface area contributed by atoms with Gasteiger partial charge in [-0.15, -0.1) is 0 Å². The van der Waals surface area contributed by atoms with Gasteiger partial charge in [-0.3, -0.25) is 9.59 Å². The first-order valence-electron chi connectivity index (χ1n) is 9.60. The maximum absolute atomic E-state index is 13.2. The van der Waals surface area contributed by atoms with Gasteiger partial charge in [0.05, 0.1) is 28.0 Å². The van der Waals surface area contributed by atoms with Crippen molar-refractivity contribution in [3.05, 3.63) is 83.9 Å². The zero-order valence-electron chi connectivity index (χ0n) is 16.3. The standard InChI is InChI=1S/C24H17N3O4/c25-23(28)16-6-2-4-8-19(16)27-24(29)17-12-20(26-18-7-3-1-5-15(17)18)14-9-10-21-22(11-14)31-13-30-21/h1-12H,13H2,(H2,25,28)(H,27,29). The molecule has 2 amide bonds. The predicted molar refractivity (Wildman–Crippen MR) is 116 cm³/mol. The average Bonchev–Trinajstić information content (AvgIpc) is 3.26. The van der Waals surface area contributed by atoms with E-state index < -0.39 is 5.91 Å². The Morgan fingerprint density at radius 1 is 0.871 bits per heavy atom. The Bertz CT molecular complexity index is 1350. The third kappa shape index (κ3) is 3.42. The van der Waals surface area contributed by atoms with Crippen molar-refractivity contribution in [2.45, 2.75) is 0 Å². The van der Waals surface area contributed by atoms with Gasteiger partial charge in [0.1, 0.15) is 0 Å². The summed E-state index contributed by atoms with van der Waals surface area (Å²) in [6.07, 6.45) is 0. The summed E-state index contributed by atoms with van der Waals surface area (Å²) in [6.45, 7) is 0.177. The van der Waals surface area contributed by atoms with E-state index >= 15 is 0 Å². The molecule has 1 aliphatic rings. The van der Waals surface area contributed by atoms with Crippen LogP contribution in [0.2, 0.25) is 0 Å². The lowest BCUT2D eigenvalue weighted by Gasteiger charge is -2.12. The Kier molecular flexibility index (Phi) is 4.48. The van der Waals surface area contributed by atoms with Crippen LogP contribution < -0.4 is 20.5 Å². The Morgan fingerprint density at radius 3 is 2.52 bits per heavy atom. The fourth-order valence-electron chi connectivity index (χ4n) is 3.56. The molecule has 1 aromatic heterocycles. The van der Waals surface area contributed by atoms with Crippen LogP contribution in [0.15, 0.2) is 72.8 Å². The number of amides is 2. The molecule has 7 nitrogen and oxygen atoms in total. The summed E-state index contributed by atoms with van der Waals surface area (Å²) in [7, 11) is 0. The van der Waals surface area contributed by atoms with E-state index in [1.165, 1.54) is 0 Å². The molecular weight excluding hydrogens is 394 g/mol. The minimum atomic E-state index is -0.614. The van der Waals surface area contributed by atoms with E-state index in [-0.39, 0.29) is 18.3 Å². The molecule has 5 rings (SSSR count). The number of carbonyl (C=O) groups is 2. The molecule has 1 aliphatic heterocycles. The molecule has 4 aromatic rings. The number of rotatable bonds is 4. The summed E-state index contributed by atoms with van der Waals surface area (Å²) >= 11 is 0. The predicted octanol–water partition coefficient (Wildman–Crippen LogP) is 3.98. The molecule has 152 valence electrons. The molecule has 7 heteroatoms. The Labute approximate surface area is 177 Å². The quantitative estimate of drug-likeness (QED) is 0.529. The third-order valence-corrected chi connectivity index (χ3v) is 5.07. The molecule has 0 radical (unpaired) electrons. The first-order chi connectivity index (χ1) is 15.1. The number of para-hydroxylation sites is 2. The molecule has 0 bridgehead atoms. The van der Waals surface area contributed by atoms with Crippen LogP contribution in [0.4, 0.5) is 5.69 Å². The Hall–Kier alpha value is -4.39. The molecule has 0 saturated heterocycles. The maximum atomic E-state index is 13.2. The fraction of sp³-hybridized carbons (Fsp3) is 0.0417. The zero-order valence-corrected chi connectivity index (χ0v) is 16.3. The van der Waals surface area contributed by atoms with E-state index in [1.54, 1.807) is 30.3 Å². The SMILES string of the molecule is NC(=O)c1ccccc1NC(=O)c1cc(-c2ccc3c(c2)OCO3)nc2ccccc12. The first-order valence-corrected chi connectivity index (χ1v) is 9.60. The van der Waals surface area contributed by atoms with E-state index in [1.807, 2.05) is 42.5 Å². The number of anilines is 1. The van der Waals surface area contributed by atoms with Gasteiger partial charge in [0, 0.05) is 10.9 Å². The second kappa shape index (κ2) is 7.46. The highest BCUT2D eigenvalue weighted by molar-refractivity contribution is 6.14. The van der Waals surface area contributed by atoms with Gasteiger partial charge >= 0.3 is 0 Å². The number of nitrogens with one attached hydrogen (secondary N) is 1. The first kappa shape index (κ1) is 18.6. The lowest BCUT2D eigenvalue weighted by atomic mass is 10.0. The second-order valence-electron chi connectivity index (χ2n) is 7.00. The number of aromatic nitrogens is 1. The van der Waals surface area contributed by atoms with Crippen LogP contribution in [0, 0.1) is 0 Å². The molecule has 0 aliphatic carbocycles. The minimum Gasteiger partial charge on any atom is -0.454 e. The molecule has 0 unspecified atom stereocenters. The number of nitrogens with zero attached hydrogens (tertiary/aromatic N) is 1. The zero-order chi connectivity index (χ0) is 21.4. The van der Waals surface area contributed by atoms with Crippen LogP contribution in [0.3, 0.4) is 0 Å². The number of primary amides is 1. The summed E-state index contributed by atoms with van der Waals surface area (Å²) in [5, 5.41) is 3.50. The number of hydrogen-bond acceptors (Lipinski definition) is 5. The summed E-state index contributed by atoms with van der Waals surface area (Å²) in [6, 6.07) is 21.3. The number of benzene rings is 3. The number of hydrogen-bond donors (Lipinski definition) is 2. The van der Waals surface area contributed by atoms with Gasteiger partial charge in [-0.1, -0.05) is 30.3 Å². The van der Waals surface area contributed by atoms with Crippen LogP contribution in [0.25, 0.3) is 22.2 Å². The van der Waals surface area contributed by atoms with Gasteiger partial charge < -0.3 is 20.5 Å². The number of pyridine rings is 1. The summed E-state index contributed by atoms with van der Waals surface area (Å²) in [5.41, 5.74) is 8.54. The highest BCUT2D eigenvalue weighted by Gasteiger charge is 2.18. The summed E-state index contributed by atoms with van der Waals surface area (Å²) < 4.78 is 10.8. The smallest absolute Gasteiger partial charge is 0.256 e. The highest BCUT2D eigenvalue weighted by Crippen LogP contribution is 2.36. The van der Waals surface area contributed by atoms with Crippen LogP contribution in [-0.4, -0.2) is 23.6 Å². The fourth-order valence-corrected chi connectivity index (χ4v) is 3.56. The van der Waals surface area contributed by atoms with Gasteiger partial charge in [0.2, 0.25) is 6.79 Å².